The van der Waals surface area contributed by atoms with Crippen LogP contribution in [0.3, 0.4) is 0 Å². The molecule has 3 rings (SSSR count). The molecule has 0 aliphatic carbocycles. The third kappa shape index (κ3) is 6.33. The summed E-state index contributed by atoms with van der Waals surface area (Å²) in [5.41, 5.74) is 3.55. The highest BCUT2D eigenvalue weighted by Crippen LogP contribution is 2.26. The first-order chi connectivity index (χ1) is 12.7. The monoisotopic (exact) mass is 344 g/mol. The molecule has 26 heavy (non-hydrogen) atoms. The number of phenolic OH excluding ortho intramolecular Hbond substituents is 1. The summed E-state index contributed by atoms with van der Waals surface area (Å²) in [6, 6.07) is 25.9. The Labute approximate surface area is 155 Å². The second kappa shape index (κ2) is 10.6. The molecule has 0 atom stereocenters. The number of rotatable bonds is 5. The number of allylic oxidation sites excluding steroid dienone is 1. The van der Waals surface area contributed by atoms with Gasteiger partial charge in [-0.2, -0.15) is 0 Å². The van der Waals surface area contributed by atoms with Gasteiger partial charge in [-0.05, 0) is 35.2 Å². The number of benzene rings is 3. The van der Waals surface area contributed by atoms with Crippen molar-refractivity contribution in [1.82, 2.24) is 0 Å². The van der Waals surface area contributed by atoms with E-state index in [0.29, 0.717) is 5.75 Å². The predicted octanol–water partition coefficient (Wildman–Crippen LogP) is 5.99. The molecule has 0 heterocycles. The molecule has 0 aliphatic heterocycles. The molecule has 0 aliphatic rings. The van der Waals surface area contributed by atoms with Gasteiger partial charge < -0.3 is 9.84 Å². The molecular formula is C24H24O2. The molecule has 3 aromatic carbocycles. The van der Waals surface area contributed by atoms with Gasteiger partial charge in [0.2, 0.25) is 0 Å². The Morgan fingerprint density at radius 2 is 1.38 bits per heavy atom. The van der Waals surface area contributed by atoms with Crippen molar-refractivity contribution in [3.8, 4) is 11.5 Å². The van der Waals surface area contributed by atoms with E-state index < -0.39 is 0 Å². The zero-order valence-corrected chi connectivity index (χ0v) is 15.0. The van der Waals surface area contributed by atoms with Gasteiger partial charge in [-0.15, -0.1) is 6.58 Å². The maximum Gasteiger partial charge on any atom is 0.160 e. The van der Waals surface area contributed by atoms with E-state index in [4.69, 9.17) is 4.74 Å². The third-order valence-corrected chi connectivity index (χ3v) is 3.69. The maximum atomic E-state index is 9.25. The van der Waals surface area contributed by atoms with E-state index in [1.165, 1.54) is 18.2 Å². The van der Waals surface area contributed by atoms with E-state index in [1.807, 2.05) is 48.5 Å². The molecule has 0 saturated carbocycles. The van der Waals surface area contributed by atoms with E-state index in [1.54, 1.807) is 12.1 Å². The van der Waals surface area contributed by atoms with Gasteiger partial charge in [-0.1, -0.05) is 85.0 Å². The first kappa shape index (κ1) is 19.1. The number of ether oxygens (including phenoxy) is 1. The lowest BCUT2D eigenvalue weighted by molar-refractivity contribution is 0.373. The van der Waals surface area contributed by atoms with Crippen molar-refractivity contribution in [2.75, 3.05) is 7.11 Å². The molecule has 3 aromatic rings. The highest BCUT2D eigenvalue weighted by atomic mass is 16.5. The highest BCUT2D eigenvalue weighted by Gasteiger charge is 2.00. The third-order valence-electron chi connectivity index (χ3n) is 3.69. The van der Waals surface area contributed by atoms with Crippen LogP contribution in [-0.4, -0.2) is 12.2 Å². The smallest absolute Gasteiger partial charge is 0.160 e. The minimum Gasteiger partial charge on any atom is -0.504 e. The average Bonchev–Trinajstić information content (AvgIpc) is 2.70. The van der Waals surface area contributed by atoms with Crippen molar-refractivity contribution >= 4 is 12.2 Å². The summed E-state index contributed by atoms with van der Waals surface area (Å²) in [7, 11) is 1.53. The maximum absolute atomic E-state index is 9.25. The summed E-state index contributed by atoms with van der Waals surface area (Å²) < 4.78 is 4.95. The first-order valence-corrected chi connectivity index (χ1v) is 8.48. The average molecular weight is 344 g/mol. The van der Waals surface area contributed by atoms with Crippen LogP contribution in [0.5, 0.6) is 11.5 Å². The summed E-state index contributed by atoms with van der Waals surface area (Å²) in [6.45, 7) is 3.63. The van der Waals surface area contributed by atoms with E-state index >= 15 is 0 Å². The highest BCUT2D eigenvalue weighted by molar-refractivity contribution is 5.69. The Morgan fingerprint density at radius 3 is 1.85 bits per heavy atom. The van der Waals surface area contributed by atoms with Gasteiger partial charge in [0.1, 0.15) is 0 Å². The fraction of sp³-hybridized carbons (Fsp3) is 0.0833. The second-order valence-corrected chi connectivity index (χ2v) is 5.65. The molecule has 2 heteroatoms. The number of phenols is 1. The number of hydrogen-bond donors (Lipinski definition) is 1. The van der Waals surface area contributed by atoms with Crippen LogP contribution in [0.25, 0.3) is 12.2 Å². The van der Waals surface area contributed by atoms with Gasteiger partial charge in [0, 0.05) is 0 Å². The number of hydrogen-bond acceptors (Lipinski definition) is 2. The molecular weight excluding hydrogens is 320 g/mol. The molecule has 0 amide bonds. The summed E-state index contributed by atoms with van der Waals surface area (Å²) in [5.74, 6) is 0.680. The van der Waals surface area contributed by atoms with E-state index in [0.717, 1.165) is 12.0 Å². The topological polar surface area (TPSA) is 29.5 Å². The largest absolute Gasteiger partial charge is 0.504 e. The van der Waals surface area contributed by atoms with E-state index in [2.05, 4.69) is 43.0 Å². The van der Waals surface area contributed by atoms with Crippen molar-refractivity contribution in [2.45, 2.75) is 6.42 Å². The second-order valence-electron chi connectivity index (χ2n) is 5.65. The lowest BCUT2D eigenvalue weighted by atomic mass is 10.1. The Kier molecular flexibility index (Phi) is 7.75. The predicted molar refractivity (Wildman–Crippen MR) is 110 cm³/mol. The normalized spacial score (nSPS) is 10.0. The lowest BCUT2D eigenvalue weighted by Gasteiger charge is -2.04. The fourth-order valence-corrected chi connectivity index (χ4v) is 2.34. The van der Waals surface area contributed by atoms with E-state index in [9.17, 15) is 5.11 Å². The van der Waals surface area contributed by atoms with Crippen LogP contribution < -0.4 is 4.74 Å². The van der Waals surface area contributed by atoms with E-state index in [-0.39, 0.29) is 5.75 Å². The van der Waals surface area contributed by atoms with Crippen LogP contribution in [0, 0.1) is 0 Å². The molecule has 0 spiro atoms. The molecule has 1 N–H and O–H groups in total. The van der Waals surface area contributed by atoms with Gasteiger partial charge in [0.05, 0.1) is 7.11 Å². The van der Waals surface area contributed by atoms with Crippen LogP contribution in [0.1, 0.15) is 16.7 Å². The fourth-order valence-electron chi connectivity index (χ4n) is 2.34. The minimum atomic E-state index is 0.172. The van der Waals surface area contributed by atoms with Crippen molar-refractivity contribution in [2.24, 2.45) is 0 Å². The molecule has 0 unspecified atom stereocenters. The molecule has 0 fully saturated rings. The van der Waals surface area contributed by atoms with Crippen LogP contribution in [0.15, 0.2) is 91.5 Å². The van der Waals surface area contributed by atoms with Crippen molar-refractivity contribution < 1.29 is 9.84 Å². The van der Waals surface area contributed by atoms with Crippen molar-refractivity contribution in [3.05, 3.63) is 108 Å². The van der Waals surface area contributed by atoms with Gasteiger partial charge in [0.15, 0.2) is 11.5 Å². The van der Waals surface area contributed by atoms with Crippen molar-refractivity contribution in [3.63, 3.8) is 0 Å². The molecule has 0 bridgehead atoms. The minimum absolute atomic E-state index is 0.172. The van der Waals surface area contributed by atoms with Crippen LogP contribution in [0.4, 0.5) is 0 Å². The summed E-state index contributed by atoms with van der Waals surface area (Å²) in [6.07, 6.45) is 6.84. The Bertz CT molecular complexity index is 780. The van der Waals surface area contributed by atoms with Crippen LogP contribution in [0.2, 0.25) is 0 Å². The van der Waals surface area contributed by atoms with Crippen molar-refractivity contribution in [1.29, 1.82) is 0 Å². The van der Waals surface area contributed by atoms with Crippen LogP contribution >= 0.6 is 0 Å². The zero-order valence-electron chi connectivity index (χ0n) is 15.0. The molecule has 0 saturated heterocycles. The molecule has 132 valence electrons. The summed E-state index contributed by atoms with van der Waals surface area (Å²) in [4.78, 5) is 0. The molecule has 0 aromatic heterocycles. The standard InChI is InChI=1S/C14H12.C10H12O2/c1-3-7-13(8-4-1)11-12-14-9-5-2-6-10-14;1-3-4-8-5-6-9(11)10(7-8)12-2/h1-12H;3,5-7,11H,1,4H2,2H3. The Hall–Kier alpha value is -3.26. The zero-order chi connectivity index (χ0) is 18.6. The van der Waals surface area contributed by atoms with Gasteiger partial charge in [-0.25, -0.2) is 0 Å². The van der Waals surface area contributed by atoms with Gasteiger partial charge in [-0.3, -0.25) is 0 Å². The number of aromatic hydroxyl groups is 1. The molecule has 0 radical (unpaired) electrons. The lowest BCUT2D eigenvalue weighted by Crippen LogP contribution is -1.86. The molecule has 2 nitrogen and oxygen atoms in total. The Balaban J connectivity index is 0.000000190. The Morgan fingerprint density at radius 1 is 0.846 bits per heavy atom. The quantitative estimate of drug-likeness (QED) is 0.455. The first-order valence-electron chi connectivity index (χ1n) is 8.48. The number of methoxy groups -OCH3 is 1. The van der Waals surface area contributed by atoms with Gasteiger partial charge >= 0.3 is 0 Å². The SMILES string of the molecule is C(=Cc1ccccc1)c1ccccc1.C=CCc1ccc(O)c(OC)c1. The van der Waals surface area contributed by atoms with Gasteiger partial charge in [0.25, 0.3) is 0 Å². The summed E-state index contributed by atoms with van der Waals surface area (Å²) in [5, 5.41) is 9.25. The van der Waals surface area contributed by atoms with Crippen LogP contribution in [-0.2, 0) is 6.42 Å². The summed E-state index contributed by atoms with van der Waals surface area (Å²) >= 11 is 0.